The van der Waals surface area contributed by atoms with E-state index in [1.807, 2.05) is 0 Å². The average molecular weight is 280 g/mol. The van der Waals surface area contributed by atoms with Gasteiger partial charge in [-0.15, -0.1) is 0 Å². The minimum absolute atomic E-state index is 0.226. The summed E-state index contributed by atoms with van der Waals surface area (Å²) in [7, 11) is 0. The Morgan fingerprint density at radius 3 is 2.84 bits per heavy atom. The first-order valence-electron chi connectivity index (χ1n) is 5.88. The normalized spacial score (nSPS) is 11.9. The molecule has 1 aromatic heterocycles. The van der Waals surface area contributed by atoms with Crippen LogP contribution in [-0.2, 0) is 11.3 Å². The Kier molecular flexibility index (Phi) is 4.47. The van der Waals surface area contributed by atoms with E-state index in [-0.39, 0.29) is 5.91 Å². The van der Waals surface area contributed by atoms with E-state index in [4.69, 9.17) is 20.8 Å². The van der Waals surface area contributed by atoms with Crippen molar-refractivity contribution in [1.29, 1.82) is 0 Å². The van der Waals surface area contributed by atoms with Crippen LogP contribution in [0.2, 0.25) is 5.02 Å². The van der Waals surface area contributed by atoms with Gasteiger partial charge in [-0.05, 0) is 31.2 Å². The molecule has 1 aromatic carbocycles. The topological polar surface area (TPSA) is 51.5 Å². The molecule has 0 aliphatic carbocycles. The number of carbonyl (C=O) groups excluding carboxylic acids is 1. The number of carbonyl (C=O) groups is 1. The Morgan fingerprint density at radius 1 is 1.37 bits per heavy atom. The van der Waals surface area contributed by atoms with E-state index < -0.39 is 6.10 Å². The Bertz CT molecular complexity index is 539. The number of furan rings is 1. The highest BCUT2D eigenvalue weighted by molar-refractivity contribution is 6.32. The van der Waals surface area contributed by atoms with Crippen molar-refractivity contribution in [2.24, 2.45) is 0 Å². The van der Waals surface area contributed by atoms with Crippen molar-refractivity contribution in [3.8, 4) is 5.75 Å². The zero-order chi connectivity index (χ0) is 13.7. The largest absolute Gasteiger partial charge is 0.479 e. The van der Waals surface area contributed by atoms with Crippen molar-refractivity contribution >= 4 is 17.5 Å². The summed E-state index contributed by atoms with van der Waals surface area (Å²) in [4.78, 5) is 11.8. The maximum absolute atomic E-state index is 11.8. The van der Waals surface area contributed by atoms with Crippen molar-refractivity contribution in [2.75, 3.05) is 0 Å². The van der Waals surface area contributed by atoms with Gasteiger partial charge in [0.05, 0.1) is 17.8 Å². The quantitative estimate of drug-likeness (QED) is 0.915. The molecule has 0 unspecified atom stereocenters. The number of para-hydroxylation sites is 1. The molecule has 0 saturated carbocycles. The molecule has 0 radical (unpaired) electrons. The number of amides is 1. The monoisotopic (exact) mass is 279 g/mol. The van der Waals surface area contributed by atoms with Crippen LogP contribution in [0.5, 0.6) is 5.75 Å². The molecule has 0 saturated heterocycles. The first-order chi connectivity index (χ1) is 9.16. The summed E-state index contributed by atoms with van der Waals surface area (Å²) in [5.41, 5.74) is 0. The highest BCUT2D eigenvalue weighted by Crippen LogP contribution is 2.24. The zero-order valence-corrected chi connectivity index (χ0v) is 11.2. The molecule has 1 amide bonds. The van der Waals surface area contributed by atoms with Crippen LogP contribution in [0.1, 0.15) is 12.7 Å². The lowest BCUT2D eigenvalue weighted by atomic mass is 10.3. The van der Waals surface area contributed by atoms with E-state index in [2.05, 4.69) is 5.32 Å². The Labute approximate surface area is 116 Å². The van der Waals surface area contributed by atoms with Crippen LogP contribution in [0.15, 0.2) is 47.1 Å². The van der Waals surface area contributed by atoms with Crippen LogP contribution in [0.25, 0.3) is 0 Å². The van der Waals surface area contributed by atoms with Gasteiger partial charge in [0.2, 0.25) is 0 Å². The van der Waals surface area contributed by atoms with Gasteiger partial charge in [-0.1, -0.05) is 23.7 Å². The Morgan fingerprint density at radius 2 is 2.16 bits per heavy atom. The molecule has 0 spiro atoms. The molecular weight excluding hydrogens is 266 g/mol. The van der Waals surface area contributed by atoms with Crippen LogP contribution >= 0.6 is 11.6 Å². The van der Waals surface area contributed by atoms with Gasteiger partial charge in [-0.25, -0.2) is 0 Å². The molecule has 0 bridgehead atoms. The number of benzene rings is 1. The summed E-state index contributed by atoms with van der Waals surface area (Å²) < 4.78 is 10.6. The van der Waals surface area contributed by atoms with Crippen molar-refractivity contribution in [3.05, 3.63) is 53.4 Å². The second-order valence-corrected chi connectivity index (χ2v) is 4.39. The molecule has 0 aliphatic rings. The summed E-state index contributed by atoms with van der Waals surface area (Å²) in [6.07, 6.45) is 0.931. The molecule has 100 valence electrons. The summed E-state index contributed by atoms with van der Waals surface area (Å²) in [5, 5.41) is 3.20. The van der Waals surface area contributed by atoms with Gasteiger partial charge in [-0.3, -0.25) is 4.79 Å². The average Bonchev–Trinajstić information content (AvgIpc) is 2.91. The predicted molar refractivity (Wildman–Crippen MR) is 72.1 cm³/mol. The molecule has 1 heterocycles. The second-order valence-electron chi connectivity index (χ2n) is 3.99. The van der Waals surface area contributed by atoms with E-state index in [9.17, 15) is 4.79 Å². The van der Waals surface area contributed by atoms with Crippen molar-refractivity contribution in [3.63, 3.8) is 0 Å². The first-order valence-corrected chi connectivity index (χ1v) is 6.26. The lowest BCUT2D eigenvalue weighted by Crippen LogP contribution is -2.35. The van der Waals surface area contributed by atoms with Crippen molar-refractivity contribution in [2.45, 2.75) is 19.6 Å². The third kappa shape index (κ3) is 3.76. The molecule has 19 heavy (non-hydrogen) atoms. The van der Waals surface area contributed by atoms with Crippen LogP contribution in [0, 0.1) is 0 Å². The fourth-order valence-corrected chi connectivity index (χ4v) is 1.70. The maximum Gasteiger partial charge on any atom is 0.261 e. The van der Waals surface area contributed by atoms with Gasteiger partial charge in [0, 0.05) is 0 Å². The summed E-state index contributed by atoms with van der Waals surface area (Å²) in [6.45, 7) is 2.00. The molecule has 2 rings (SSSR count). The summed E-state index contributed by atoms with van der Waals surface area (Å²) >= 11 is 5.96. The molecule has 1 N–H and O–H groups in total. The van der Waals surface area contributed by atoms with E-state index in [1.54, 1.807) is 49.6 Å². The van der Waals surface area contributed by atoms with E-state index in [1.165, 1.54) is 0 Å². The van der Waals surface area contributed by atoms with Crippen molar-refractivity contribution in [1.82, 2.24) is 5.32 Å². The lowest BCUT2D eigenvalue weighted by Gasteiger charge is -2.15. The Hall–Kier alpha value is -1.94. The second kappa shape index (κ2) is 6.29. The lowest BCUT2D eigenvalue weighted by molar-refractivity contribution is -0.127. The Balaban J connectivity index is 1.87. The van der Waals surface area contributed by atoms with Crippen LogP contribution in [0.3, 0.4) is 0 Å². The number of ether oxygens (including phenoxy) is 1. The van der Waals surface area contributed by atoms with E-state index in [0.29, 0.717) is 23.1 Å². The van der Waals surface area contributed by atoms with Crippen LogP contribution in [-0.4, -0.2) is 12.0 Å². The number of nitrogens with one attached hydrogen (secondary N) is 1. The number of rotatable bonds is 5. The minimum Gasteiger partial charge on any atom is -0.479 e. The molecule has 0 aliphatic heterocycles. The molecule has 2 aromatic rings. The number of hydrogen-bond acceptors (Lipinski definition) is 3. The van der Waals surface area contributed by atoms with E-state index in [0.717, 1.165) is 0 Å². The van der Waals surface area contributed by atoms with Gasteiger partial charge >= 0.3 is 0 Å². The third-order valence-corrected chi connectivity index (χ3v) is 2.84. The van der Waals surface area contributed by atoms with Gasteiger partial charge in [0.15, 0.2) is 6.10 Å². The predicted octanol–water partition coefficient (Wildman–Crippen LogP) is 3.02. The van der Waals surface area contributed by atoms with Crippen LogP contribution in [0.4, 0.5) is 0 Å². The van der Waals surface area contributed by atoms with Crippen molar-refractivity contribution < 1.29 is 13.9 Å². The highest BCUT2D eigenvalue weighted by atomic mass is 35.5. The van der Waals surface area contributed by atoms with Crippen LogP contribution < -0.4 is 10.1 Å². The first kappa shape index (κ1) is 13.5. The highest BCUT2D eigenvalue weighted by Gasteiger charge is 2.15. The van der Waals surface area contributed by atoms with E-state index >= 15 is 0 Å². The molecule has 0 fully saturated rings. The molecule has 4 nitrogen and oxygen atoms in total. The minimum atomic E-state index is -0.630. The zero-order valence-electron chi connectivity index (χ0n) is 10.4. The smallest absolute Gasteiger partial charge is 0.261 e. The molecular formula is C14H14ClNO3. The number of halogens is 1. The van der Waals surface area contributed by atoms with Gasteiger partial charge < -0.3 is 14.5 Å². The fourth-order valence-electron chi connectivity index (χ4n) is 1.52. The maximum atomic E-state index is 11.8. The summed E-state index contributed by atoms with van der Waals surface area (Å²) in [6, 6.07) is 10.6. The summed E-state index contributed by atoms with van der Waals surface area (Å²) in [5.74, 6) is 0.958. The van der Waals surface area contributed by atoms with Gasteiger partial charge in [0.25, 0.3) is 5.91 Å². The van der Waals surface area contributed by atoms with Gasteiger partial charge in [0.1, 0.15) is 11.5 Å². The number of hydrogen-bond donors (Lipinski definition) is 1. The SMILES string of the molecule is C[C@@H](Oc1ccccc1Cl)C(=O)NCc1ccco1. The van der Waals surface area contributed by atoms with Gasteiger partial charge in [-0.2, -0.15) is 0 Å². The molecule has 1 atom stereocenters. The molecule has 5 heteroatoms. The standard InChI is InChI=1S/C14H14ClNO3/c1-10(19-13-7-3-2-6-12(13)15)14(17)16-9-11-5-4-8-18-11/h2-8,10H,9H2,1H3,(H,16,17)/t10-/m1/s1. The third-order valence-electron chi connectivity index (χ3n) is 2.53. The fraction of sp³-hybridized carbons (Fsp3) is 0.214.